The SMILES string of the molecule is C[C@@H](CCCCCCCCC(F)(F)F)C(F)(F)F. The number of rotatable bonds is 8. The molecular weight excluding hydrogens is 258 g/mol. The lowest BCUT2D eigenvalue weighted by molar-refractivity contribution is -0.171. The quantitative estimate of drug-likeness (QED) is 0.385. The van der Waals surface area contributed by atoms with Gasteiger partial charge in [-0.3, -0.25) is 0 Å². The summed E-state index contributed by atoms with van der Waals surface area (Å²) in [4.78, 5) is 0. The van der Waals surface area contributed by atoms with E-state index in [9.17, 15) is 26.3 Å². The Kier molecular flexibility index (Phi) is 7.71. The Bertz CT molecular complexity index is 206. The monoisotopic (exact) mass is 278 g/mol. The van der Waals surface area contributed by atoms with Crippen LogP contribution in [0.5, 0.6) is 0 Å². The Morgan fingerprint density at radius 1 is 0.722 bits per heavy atom. The fourth-order valence-electron chi connectivity index (χ4n) is 1.65. The Hall–Kier alpha value is -0.420. The smallest absolute Gasteiger partial charge is 0.171 e. The van der Waals surface area contributed by atoms with Gasteiger partial charge in [0.25, 0.3) is 0 Å². The Balaban J connectivity index is 3.32. The van der Waals surface area contributed by atoms with Gasteiger partial charge >= 0.3 is 12.4 Å². The van der Waals surface area contributed by atoms with Crippen LogP contribution in [0, 0.1) is 5.92 Å². The van der Waals surface area contributed by atoms with Crippen LogP contribution in [0.4, 0.5) is 26.3 Å². The van der Waals surface area contributed by atoms with Crippen LogP contribution in [-0.4, -0.2) is 12.4 Å². The molecule has 0 rings (SSSR count). The lowest BCUT2D eigenvalue weighted by atomic mass is 10.0. The highest BCUT2D eigenvalue weighted by Gasteiger charge is 2.34. The van der Waals surface area contributed by atoms with Crippen molar-refractivity contribution in [3.63, 3.8) is 0 Å². The summed E-state index contributed by atoms with van der Waals surface area (Å²) in [5.41, 5.74) is 0. The van der Waals surface area contributed by atoms with E-state index in [1.54, 1.807) is 0 Å². The molecule has 0 heterocycles. The normalized spacial score (nSPS) is 14.8. The van der Waals surface area contributed by atoms with Crippen molar-refractivity contribution in [2.24, 2.45) is 5.92 Å². The Morgan fingerprint density at radius 3 is 1.61 bits per heavy atom. The maximum atomic E-state index is 12.1. The van der Waals surface area contributed by atoms with E-state index in [1.165, 1.54) is 0 Å². The van der Waals surface area contributed by atoms with E-state index >= 15 is 0 Å². The van der Waals surface area contributed by atoms with Gasteiger partial charge in [-0.15, -0.1) is 0 Å². The summed E-state index contributed by atoms with van der Waals surface area (Å²) in [6.07, 6.45) is -5.76. The van der Waals surface area contributed by atoms with E-state index in [4.69, 9.17) is 0 Å². The molecule has 0 aromatic carbocycles. The first-order valence-corrected chi connectivity index (χ1v) is 6.26. The molecule has 0 aliphatic carbocycles. The van der Waals surface area contributed by atoms with Crippen LogP contribution in [0.15, 0.2) is 0 Å². The van der Waals surface area contributed by atoms with Gasteiger partial charge in [-0.25, -0.2) is 0 Å². The maximum absolute atomic E-state index is 12.1. The van der Waals surface area contributed by atoms with Crippen molar-refractivity contribution in [2.75, 3.05) is 0 Å². The summed E-state index contributed by atoms with van der Waals surface area (Å²) in [6, 6.07) is 0. The van der Waals surface area contributed by atoms with Gasteiger partial charge in [-0.1, -0.05) is 39.0 Å². The highest BCUT2D eigenvalue weighted by Crippen LogP contribution is 2.30. The zero-order valence-corrected chi connectivity index (χ0v) is 10.5. The molecule has 110 valence electrons. The topological polar surface area (TPSA) is 0 Å². The molecule has 0 unspecified atom stereocenters. The molecule has 0 saturated carbocycles. The standard InChI is InChI=1S/C12H20F6/c1-10(12(16,17)18)8-6-4-2-3-5-7-9-11(13,14)15/h10H,2-9H2,1H3/t10-/m0/s1. The highest BCUT2D eigenvalue weighted by atomic mass is 19.4. The first-order valence-electron chi connectivity index (χ1n) is 6.26. The van der Waals surface area contributed by atoms with Crippen LogP contribution in [0.25, 0.3) is 0 Å². The molecule has 0 aromatic rings. The zero-order valence-electron chi connectivity index (χ0n) is 10.5. The summed E-state index contributed by atoms with van der Waals surface area (Å²) in [7, 11) is 0. The van der Waals surface area contributed by atoms with E-state index in [2.05, 4.69) is 0 Å². The van der Waals surface area contributed by atoms with E-state index < -0.39 is 24.7 Å². The van der Waals surface area contributed by atoms with Gasteiger partial charge in [0.2, 0.25) is 0 Å². The zero-order chi connectivity index (χ0) is 14.2. The summed E-state index contributed by atoms with van der Waals surface area (Å²) in [6.45, 7) is 1.16. The molecule has 0 bridgehead atoms. The average Bonchev–Trinajstić information content (AvgIpc) is 2.18. The van der Waals surface area contributed by atoms with Crippen molar-refractivity contribution in [2.45, 2.75) is 70.6 Å². The van der Waals surface area contributed by atoms with Crippen molar-refractivity contribution in [1.82, 2.24) is 0 Å². The van der Waals surface area contributed by atoms with Crippen LogP contribution in [0.3, 0.4) is 0 Å². The molecule has 1 atom stereocenters. The molecule has 0 fully saturated rings. The van der Waals surface area contributed by atoms with Gasteiger partial charge in [0.1, 0.15) is 0 Å². The minimum Gasteiger partial charge on any atom is -0.171 e. The lowest BCUT2D eigenvalue weighted by Crippen LogP contribution is -2.19. The third kappa shape index (κ3) is 10.7. The number of unbranched alkanes of at least 4 members (excludes halogenated alkanes) is 5. The molecule has 6 heteroatoms. The first-order chi connectivity index (χ1) is 8.13. The van der Waals surface area contributed by atoms with Crippen molar-refractivity contribution in [3.05, 3.63) is 0 Å². The minimum atomic E-state index is -4.13. The van der Waals surface area contributed by atoms with Crippen molar-refractivity contribution in [3.8, 4) is 0 Å². The fourth-order valence-corrected chi connectivity index (χ4v) is 1.65. The van der Waals surface area contributed by atoms with Gasteiger partial charge in [-0.05, 0) is 12.8 Å². The predicted octanol–water partition coefficient (Wildman–Crippen LogP) is 5.87. The number of hydrogen-bond donors (Lipinski definition) is 0. The Morgan fingerprint density at radius 2 is 1.17 bits per heavy atom. The third-order valence-electron chi connectivity index (χ3n) is 2.91. The predicted molar refractivity (Wildman–Crippen MR) is 58.2 cm³/mol. The van der Waals surface area contributed by atoms with Crippen LogP contribution in [0.2, 0.25) is 0 Å². The molecule has 0 saturated heterocycles. The molecule has 0 nitrogen and oxygen atoms in total. The van der Waals surface area contributed by atoms with Gasteiger partial charge in [0, 0.05) is 6.42 Å². The van der Waals surface area contributed by atoms with Gasteiger partial charge in [0.05, 0.1) is 5.92 Å². The van der Waals surface area contributed by atoms with Crippen molar-refractivity contribution >= 4 is 0 Å². The molecule has 0 aromatic heterocycles. The molecule has 0 aliphatic rings. The molecule has 0 amide bonds. The van der Waals surface area contributed by atoms with E-state index in [1.807, 2.05) is 0 Å². The first kappa shape index (κ1) is 17.6. The molecular formula is C12H20F6. The molecule has 18 heavy (non-hydrogen) atoms. The highest BCUT2D eigenvalue weighted by molar-refractivity contribution is 4.62. The molecule has 0 radical (unpaired) electrons. The second-order valence-electron chi connectivity index (χ2n) is 4.72. The fraction of sp³-hybridized carbons (Fsp3) is 1.00. The lowest BCUT2D eigenvalue weighted by Gasteiger charge is -2.14. The summed E-state index contributed by atoms with van der Waals surface area (Å²) in [5.74, 6) is -1.29. The second kappa shape index (κ2) is 7.89. The minimum absolute atomic E-state index is 0.103. The van der Waals surface area contributed by atoms with Crippen LogP contribution in [-0.2, 0) is 0 Å². The number of hydrogen-bond acceptors (Lipinski definition) is 0. The number of halogens is 6. The van der Waals surface area contributed by atoms with Gasteiger partial charge in [-0.2, -0.15) is 26.3 Å². The average molecular weight is 278 g/mol. The molecule has 0 spiro atoms. The molecule has 0 N–H and O–H groups in total. The van der Waals surface area contributed by atoms with E-state index in [0.717, 1.165) is 6.92 Å². The van der Waals surface area contributed by atoms with E-state index in [0.29, 0.717) is 32.1 Å². The number of alkyl halides is 6. The maximum Gasteiger partial charge on any atom is 0.391 e. The van der Waals surface area contributed by atoms with E-state index in [-0.39, 0.29) is 12.8 Å². The third-order valence-corrected chi connectivity index (χ3v) is 2.91. The van der Waals surface area contributed by atoms with Crippen LogP contribution < -0.4 is 0 Å². The second-order valence-corrected chi connectivity index (χ2v) is 4.72. The largest absolute Gasteiger partial charge is 0.391 e. The van der Waals surface area contributed by atoms with Crippen LogP contribution >= 0.6 is 0 Å². The van der Waals surface area contributed by atoms with Gasteiger partial charge in [0.15, 0.2) is 0 Å². The Labute approximate surface area is 104 Å². The van der Waals surface area contributed by atoms with Gasteiger partial charge < -0.3 is 0 Å². The summed E-state index contributed by atoms with van der Waals surface area (Å²) >= 11 is 0. The van der Waals surface area contributed by atoms with Crippen molar-refractivity contribution in [1.29, 1.82) is 0 Å². The van der Waals surface area contributed by atoms with Crippen LogP contribution in [0.1, 0.15) is 58.3 Å². The van der Waals surface area contributed by atoms with Crippen molar-refractivity contribution < 1.29 is 26.3 Å². The summed E-state index contributed by atoms with van der Waals surface area (Å²) in [5, 5.41) is 0. The summed E-state index contributed by atoms with van der Waals surface area (Å²) < 4.78 is 71.7. The molecule has 0 aliphatic heterocycles.